The zero-order valence-electron chi connectivity index (χ0n) is 12.2. The third kappa shape index (κ3) is 1.21. The first-order valence-corrected chi connectivity index (χ1v) is 6.12. The van der Waals surface area contributed by atoms with E-state index in [0.717, 1.165) is 0 Å². The molecule has 0 amide bonds. The number of rotatable bonds is 1. The predicted octanol–water partition coefficient (Wildman–Crippen LogP) is 1.51. The number of hydroxylamine groups is 2. The maximum absolute atomic E-state index is 11.9. The summed E-state index contributed by atoms with van der Waals surface area (Å²) in [6, 6.07) is 0. The summed E-state index contributed by atoms with van der Waals surface area (Å²) in [4.78, 5) is 19.7. The smallest absolute Gasteiger partial charge is 0.340 e. The molecule has 0 spiro atoms. The van der Waals surface area contributed by atoms with Crippen LogP contribution in [-0.4, -0.2) is 46.8 Å². The minimum atomic E-state index is -0.597. The van der Waals surface area contributed by atoms with Gasteiger partial charge in [-0.05, 0) is 41.7 Å². The fraction of sp³-hybridized carbons (Fsp3) is 0.769. The summed E-state index contributed by atoms with van der Waals surface area (Å²) in [5, 5.41) is 1.88. The van der Waals surface area contributed by atoms with Crippen LogP contribution in [-0.2, 0) is 14.4 Å². The van der Waals surface area contributed by atoms with E-state index in [0.29, 0.717) is 5.57 Å². The molecule has 2 heterocycles. The van der Waals surface area contributed by atoms with Crippen molar-refractivity contribution in [2.24, 2.45) is 0 Å². The highest BCUT2D eigenvalue weighted by atomic mass is 16.7. The van der Waals surface area contributed by atoms with Crippen LogP contribution in [0.15, 0.2) is 11.8 Å². The Morgan fingerprint density at radius 2 is 1.78 bits per heavy atom. The van der Waals surface area contributed by atoms with Gasteiger partial charge >= 0.3 is 5.97 Å². The number of nitrogens with zero attached hydrogens (tertiary/aromatic N) is 2. The van der Waals surface area contributed by atoms with Crippen molar-refractivity contribution in [1.82, 2.24) is 9.96 Å². The fourth-order valence-corrected chi connectivity index (χ4v) is 2.98. The average Bonchev–Trinajstić information content (AvgIpc) is 2.69. The summed E-state index contributed by atoms with van der Waals surface area (Å²) in [6.45, 7) is 10.5. The van der Waals surface area contributed by atoms with Crippen LogP contribution in [0.2, 0.25) is 0 Å². The summed E-state index contributed by atoms with van der Waals surface area (Å²) in [5.41, 5.74) is -0.441. The van der Waals surface area contributed by atoms with E-state index >= 15 is 0 Å². The molecular formula is C13H22N2O3. The number of likely N-dealkylation sites (N-methyl/N-ethyl adjacent to an activating group) is 1. The Labute approximate surface area is 108 Å². The molecule has 0 radical (unpaired) electrons. The number of carbonyl (C=O) groups is 1. The lowest BCUT2D eigenvalue weighted by Crippen LogP contribution is -2.53. The van der Waals surface area contributed by atoms with Crippen molar-refractivity contribution in [2.75, 3.05) is 14.2 Å². The molecule has 0 aliphatic carbocycles. The first-order chi connectivity index (χ1) is 8.11. The van der Waals surface area contributed by atoms with Crippen LogP contribution < -0.4 is 0 Å². The van der Waals surface area contributed by atoms with Gasteiger partial charge in [-0.15, -0.1) is 5.06 Å². The Bertz CT molecular complexity index is 428. The SMILES string of the molecule is COC(=O)C1=CON2C1(C)N(C)C(C)(C)C2(C)C. The third-order valence-corrected chi connectivity index (χ3v) is 5.08. The van der Waals surface area contributed by atoms with E-state index in [9.17, 15) is 4.79 Å². The van der Waals surface area contributed by atoms with Crippen LogP contribution in [0.25, 0.3) is 0 Å². The molecule has 1 unspecified atom stereocenters. The number of hydrogen-bond donors (Lipinski definition) is 0. The third-order valence-electron chi connectivity index (χ3n) is 5.08. The molecule has 0 bridgehead atoms. The van der Waals surface area contributed by atoms with Crippen LogP contribution >= 0.6 is 0 Å². The zero-order chi connectivity index (χ0) is 13.9. The van der Waals surface area contributed by atoms with Crippen LogP contribution in [0.4, 0.5) is 0 Å². The maximum Gasteiger partial charge on any atom is 0.340 e. The molecule has 5 heteroatoms. The van der Waals surface area contributed by atoms with Crippen molar-refractivity contribution < 1.29 is 14.4 Å². The molecule has 2 rings (SSSR count). The molecule has 1 fully saturated rings. The monoisotopic (exact) mass is 254 g/mol. The van der Waals surface area contributed by atoms with E-state index in [1.165, 1.54) is 13.4 Å². The van der Waals surface area contributed by atoms with Gasteiger partial charge in [0, 0.05) is 5.54 Å². The van der Waals surface area contributed by atoms with Crippen molar-refractivity contribution in [3.05, 3.63) is 11.8 Å². The number of ether oxygens (including phenoxy) is 1. The van der Waals surface area contributed by atoms with Gasteiger partial charge < -0.3 is 9.57 Å². The van der Waals surface area contributed by atoms with Crippen LogP contribution in [0, 0.1) is 0 Å². The number of fused-ring (bicyclic) bond motifs is 1. The van der Waals surface area contributed by atoms with Crippen molar-refractivity contribution in [3.63, 3.8) is 0 Å². The minimum Gasteiger partial charge on any atom is -0.465 e. The quantitative estimate of drug-likeness (QED) is 0.663. The molecule has 0 aromatic heterocycles. The Morgan fingerprint density at radius 3 is 2.28 bits per heavy atom. The molecule has 0 N–H and O–H groups in total. The molecule has 0 aromatic rings. The molecule has 2 aliphatic heterocycles. The second-order valence-corrected chi connectivity index (χ2v) is 6.12. The van der Waals surface area contributed by atoms with Gasteiger partial charge in [-0.25, -0.2) is 4.79 Å². The van der Waals surface area contributed by atoms with E-state index in [1.54, 1.807) is 0 Å². The highest BCUT2D eigenvalue weighted by Crippen LogP contribution is 2.53. The largest absolute Gasteiger partial charge is 0.465 e. The second kappa shape index (κ2) is 3.48. The number of hydrogen-bond acceptors (Lipinski definition) is 5. The van der Waals surface area contributed by atoms with Gasteiger partial charge in [-0.2, -0.15) is 0 Å². The van der Waals surface area contributed by atoms with Gasteiger partial charge in [0.1, 0.15) is 17.5 Å². The van der Waals surface area contributed by atoms with Gasteiger partial charge in [0.05, 0.1) is 12.6 Å². The zero-order valence-corrected chi connectivity index (χ0v) is 12.2. The maximum atomic E-state index is 11.9. The van der Waals surface area contributed by atoms with Gasteiger partial charge in [-0.1, -0.05) is 0 Å². The normalized spacial score (nSPS) is 33.8. The summed E-state index contributed by atoms with van der Waals surface area (Å²) in [5.74, 6) is -0.347. The second-order valence-electron chi connectivity index (χ2n) is 6.12. The lowest BCUT2D eigenvalue weighted by atomic mass is 9.83. The predicted molar refractivity (Wildman–Crippen MR) is 67.3 cm³/mol. The van der Waals surface area contributed by atoms with E-state index in [4.69, 9.17) is 9.57 Å². The van der Waals surface area contributed by atoms with E-state index in [-0.39, 0.29) is 17.0 Å². The molecule has 5 nitrogen and oxygen atoms in total. The average molecular weight is 254 g/mol. The molecule has 18 heavy (non-hydrogen) atoms. The van der Waals surface area contributed by atoms with Crippen molar-refractivity contribution in [1.29, 1.82) is 0 Å². The first kappa shape index (κ1) is 13.4. The van der Waals surface area contributed by atoms with E-state index in [1.807, 2.05) is 19.0 Å². The molecule has 2 aliphatic rings. The van der Waals surface area contributed by atoms with Crippen molar-refractivity contribution in [2.45, 2.75) is 51.4 Å². The fourth-order valence-electron chi connectivity index (χ4n) is 2.98. The molecule has 1 saturated heterocycles. The topological polar surface area (TPSA) is 42.0 Å². The number of carbonyl (C=O) groups excluding carboxylic acids is 1. The Balaban J connectivity index is 2.53. The molecule has 0 saturated carbocycles. The lowest BCUT2D eigenvalue weighted by molar-refractivity contribution is -0.187. The molecule has 1 atom stereocenters. The summed E-state index contributed by atoms with van der Waals surface area (Å²) >= 11 is 0. The molecular weight excluding hydrogens is 232 g/mol. The summed E-state index contributed by atoms with van der Waals surface area (Å²) in [6.07, 6.45) is 1.50. The Kier molecular flexibility index (Phi) is 2.59. The molecule has 0 aromatic carbocycles. The Hall–Kier alpha value is -1.07. The van der Waals surface area contributed by atoms with Crippen LogP contribution in [0.1, 0.15) is 34.6 Å². The lowest BCUT2D eigenvalue weighted by Gasteiger charge is -2.40. The highest BCUT2D eigenvalue weighted by Gasteiger charge is 2.68. The van der Waals surface area contributed by atoms with Gasteiger partial charge in [-0.3, -0.25) is 4.90 Å². The van der Waals surface area contributed by atoms with Gasteiger partial charge in [0.2, 0.25) is 0 Å². The van der Waals surface area contributed by atoms with Crippen molar-refractivity contribution in [3.8, 4) is 0 Å². The van der Waals surface area contributed by atoms with Crippen molar-refractivity contribution >= 4 is 5.97 Å². The minimum absolute atomic E-state index is 0.144. The molecule has 102 valence electrons. The summed E-state index contributed by atoms with van der Waals surface area (Å²) < 4.78 is 4.85. The first-order valence-electron chi connectivity index (χ1n) is 6.12. The number of esters is 1. The standard InChI is InChI=1S/C13H22N2O3/c1-11(2)12(3,4)15-13(5,14(11)6)9(8-18-15)10(16)17-7/h8H,1-7H3. The van der Waals surface area contributed by atoms with E-state index < -0.39 is 5.66 Å². The van der Waals surface area contributed by atoms with E-state index in [2.05, 4.69) is 32.6 Å². The highest BCUT2D eigenvalue weighted by molar-refractivity contribution is 5.91. The van der Waals surface area contributed by atoms with Gasteiger partial charge in [0.25, 0.3) is 0 Å². The summed E-state index contributed by atoms with van der Waals surface area (Å²) in [7, 11) is 3.40. The van der Waals surface area contributed by atoms with Crippen LogP contribution in [0.5, 0.6) is 0 Å². The van der Waals surface area contributed by atoms with Crippen LogP contribution in [0.3, 0.4) is 0 Å². The Morgan fingerprint density at radius 1 is 1.22 bits per heavy atom. The number of methoxy groups -OCH3 is 1. The van der Waals surface area contributed by atoms with Gasteiger partial charge in [0.15, 0.2) is 0 Å².